The van der Waals surface area contributed by atoms with Crippen molar-refractivity contribution in [3.63, 3.8) is 0 Å². The van der Waals surface area contributed by atoms with Crippen molar-refractivity contribution in [3.8, 4) is 11.3 Å². The van der Waals surface area contributed by atoms with Crippen molar-refractivity contribution in [1.29, 1.82) is 0 Å². The molecule has 10 heteroatoms. The lowest BCUT2D eigenvalue weighted by molar-refractivity contribution is -0.141. The molecule has 1 aromatic carbocycles. The topological polar surface area (TPSA) is 54.9 Å². The molecular weight excluding hydrogens is 352 g/mol. The molecule has 0 saturated carbocycles. The van der Waals surface area contributed by atoms with Gasteiger partial charge in [-0.25, -0.2) is 9.97 Å². The Morgan fingerprint density at radius 3 is 2.28 bits per heavy atom. The quantitative estimate of drug-likeness (QED) is 0.816. The summed E-state index contributed by atoms with van der Waals surface area (Å²) in [7, 11) is 0. The van der Waals surface area contributed by atoms with Crippen molar-refractivity contribution in [2.75, 3.05) is 5.32 Å². The summed E-state index contributed by atoms with van der Waals surface area (Å²) in [4.78, 5) is 18.2. The number of amides is 1. The molecule has 2 aromatic rings. The normalized spacial score (nSPS) is 12.1. The molecule has 0 unspecified atom stereocenters. The van der Waals surface area contributed by atoms with Crippen molar-refractivity contribution in [2.45, 2.75) is 25.7 Å². The number of halogens is 6. The maximum absolute atomic E-state index is 12.9. The Kier molecular flexibility index (Phi) is 5.00. The SMILES string of the molecule is CCC(=O)Nc1ccc(C(F)(F)F)cc1-c1cc(C(F)(F)F)ncn1. The fourth-order valence-electron chi connectivity index (χ4n) is 1.94. The lowest BCUT2D eigenvalue weighted by Gasteiger charge is -2.15. The highest BCUT2D eigenvalue weighted by atomic mass is 19.4. The van der Waals surface area contributed by atoms with Crippen molar-refractivity contribution >= 4 is 11.6 Å². The van der Waals surface area contributed by atoms with Crippen LogP contribution in [0.2, 0.25) is 0 Å². The van der Waals surface area contributed by atoms with Gasteiger partial charge in [0.25, 0.3) is 0 Å². The second-order valence-corrected chi connectivity index (χ2v) is 4.95. The van der Waals surface area contributed by atoms with E-state index in [1.165, 1.54) is 6.92 Å². The first kappa shape index (κ1) is 18.7. The number of rotatable bonds is 3. The van der Waals surface area contributed by atoms with E-state index in [1.54, 1.807) is 0 Å². The van der Waals surface area contributed by atoms with Crippen LogP contribution in [0.5, 0.6) is 0 Å². The third-order valence-corrected chi connectivity index (χ3v) is 3.18. The van der Waals surface area contributed by atoms with Crippen LogP contribution in [-0.4, -0.2) is 15.9 Å². The first-order valence-electron chi connectivity index (χ1n) is 6.93. The Labute approximate surface area is 137 Å². The minimum absolute atomic E-state index is 0.0397. The van der Waals surface area contributed by atoms with Crippen molar-refractivity contribution in [2.24, 2.45) is 0 Å². The Bertz CT molecular complexity index is 786. The second kappa shape index (κ2) is 6.69. The molecule has 0 fully saturated rings. The zero-order valence-electron chi connectivity index (χ0n) is 12.7. The molecule has 1 heterocycles. The molecule has 4 nitrogen and oxygen atoms in total. The minimum atomic E-state index is -4.79. The third kappa shape index (κ3) is 4.46. The lowest BCUT2D eigenvalue weighted by Crippen LogP contribution is -2.13. The van der Waals surface area contributed by atoms with Gasteiger partial charge in [-0.3, -0.25) is 4.79 Å². The maximum atomic E-state index is 12.9. The largest absolute Gasteiger partial charge is 0.433 e. The van der Waals surface area contributed by atoms with Crippen LogP contribution >= 0.6 is 0 Å². The van der Waals surface area contributed by atoms with E-state index in [2.05, 4.69) is 15.3 Å². The molecule has 2 rings (SSSR count). The second-order valence-electron chi connectivity index (χ2n) is 4.95. The van der Waals surface area contributed by atoms with Gasteiger partial charge in [0.2, 0.25) is 5.91 Å². The van der Waals surface area contributed by atoms with Gasteiger partial charge >= 0.3 is 12.4 Å². The summed E-state index contributed by atoms with van der Waals surface area (Å²) < 4.78 is 77.1. The van der Waals surface area contributed by atoms with Crippen LogP contribution in [0.1, 0.15) is 24.6 Å². The molecule has 0 radical (unpaired) electrons. The molecule has 0 spiro atoms. The number of anilines is 1. The smallest absolute Gasteiger partial charge is 0.325 e. The molecule has 25 heavy (non-hydrogen) atoms. The van der Waals surface area contributed by atoms with Gasteiger partial charge in [0.15, 0.2) is 0 Å². The molecule has 0 saturated heterocycles. The van der Waals surface area contributed by atoms with E-state index in [4.69, 9.17) is 0 Å². The number of aromatic nitrogens is 2. The molecule has 0 aliphatic rings. The summed E-state index contributed by atoms with van der Waals surface area (Å²) in [6.07, 6.45) is -8.85. The molecule has 1 N–H and O–H groups in total. The molecule has 0 aliphatic carbocycles. The van der Waals surface area contributed by atoms with Crippen LogP contribution in [0.15, 0.2) is 30.6 Å². The van der Waals surface area contributed by atoms with Crippen LogP contribution in [0.25, 0.3) is 11.3 Å². The Morgan fingerprint density at radius 1 is 1.04 bits per heavy atom. The van der Waals surface area contributed by atoms with E-state index in [0.717, 1.165) is 12.1 Å². The predicted molar refractivity (Wildman–Crippen MR) is 76.4 cm³/mol. The highest BCUT2D eigenvalue weighted by Crippen LogP contribution is 2.37. The number of carbonyl (C=O) groups excluding carboxylic acids is 1. The molecule has 1 amide bonds. The summed E-state index contributed by atoms with van der Waals surface area (Å²) in [5.41, 5.74) is -3.14. The van der Waals surface area contributed by atoms with Gasteiger partial charge in [0.1, 0.15) is 12.0 Å². The Balaban J connectivity index is 2.62. The number of alkyl halides is 6. The molecule has 0 aliphatic heterocycles. The first-order valence-corrected chi connectivity index (χ1v) is 6.93. The van der Waals surface area contributed by atoms with Crippen LogP contribution < -0.4 is 5.32 Å². The molecular formula is C15H11F6N3O. The molecule has 1 aromatic heterocycles. The number of carbonyl (C=O) groups is 1. The lowest BCUT2D eigenvalue weighted by atomic mass is 10.0. The number of nitrogens with one attached hydrogen (secondary N) is 1. The Hall–Kier alpha value is -2.65. The molecule has 0 bridgehead atoms. The van der Waals surface area contributed by atoms with Gasteiger partial charge in [0.05, 0.1) is 16.9 Å². The van der Waals surface area contributed by atoms with Crippen LogP contribution in [0, 0.1) is 0 Å². The van der Waals surface area contributed by atoms with E-state index >= 15 is 0 Å². The Morgan fingerprint density at radius 2 is 1.72 bits per heavy atom. The van der Waals surface area contributed by atoms with Gasteiger partial charge < -0.3 is 5.32 Å². The summed E-state index contributed by atoms with van der Waals surface area (Å²) in [6, 6.07) is 2.85. The van der Waals surface area contributed by atoms with Crippen molar-refractivity contribution in [1.82, 2.24) is 9.97 Å². The van der Waals surface area contributed by atoms with Gasteiger partial charge in [-0.05, 0) is 24.3 Å². The molecule has 0 atom stereocenters. The summed E-state index contributed by atoms with van der Waals surface area (Å²) in [6.45, 7) is 1.52. The average molecular weight is 363 g/mol. The van der Waals surface area contributed by atoms with E-state index in [-0.39, 0.29) is 23.4 Å². The highest BCUT2D eigenvalue weighted by Gasteiger charge is 2.34. The fourth-order valence-corrected chi connectivity index (χ4v) is 1.94. The highest BCUT2D eigenvalue weighted by molar-refractivity contribution is 5.95. The standard InChI is InChI=1S/C15H11F6N3O/c1-2-13(25)24-10-4-3-8(14(16,17)18)5-9(10)11-6-12(15(19,20)21)23-7-22-11/h3-7H,2H2,1H3,(H,24,25). The number of hydrogen-bond donors (Lipinski definition) is 1. The van der Waals surface area contributed by atoms with Gasteiger partial charge in [-0.15, -0.1) is 0 Å². The number of hydrogen-bond acceptors (Lipinski definition) is 3. The van der Waals surface area contributed by atoms with Gasteiger partial charge in [-0.2, -0.15) is 26.3 Å². The van der Waals surface area contributed by atoms with E-state index < -0.39 is 29.5 Å². The summed E-state index contributed by atoms with van der Waals surface area (Å²) >= 11 is 0. The monoisotopic (exact) mass is 363 g/mol. The van der Waals surface area contributed by atoms with E-state index in [0.29, 0.717) is 18.5 Å². The number of benzene rings is 1. The zero-order chi connectivity index (χ0) is 18.8. The first-order chi connectivity index (χ1) is 11.5. The van der Waals surface area contributed by atoms with Crippen LogP contribution in [0.4, 0.5) is 32.0 Å². The van der Waals surface area contributed by atoms with Crippen LogP contribution in [-0.2, 0) is 17.1 Å². The van der Waals surface area contributed by atoms with E-state index in [9.17, 15) is 31.1 Å². The third-order valence-electron chi connectivity index (χ3n) is 3.18. The average Bonchev–Trinajstić information content (AvgIpc) is 2.53. The van der Waals surface area contributed by atoms with Gasteiger partial charge in [-0.1, -0.05) is 6.92 Å². The molecule has 134 valence electrons. The zero-order valence-corrected chi connectivity index (χ0v) is 12.7. The van der Waals surface area contributed by atoms with Gasteiger partial charge in [0, 0.05) is 12.0 Å². The van der Waals surface area contributed by atoms with Crippen molar-refractivity contribution in [3.05, 3.63) is 41.9 Å². The predicted octanol–water partition coefficient (Wildman–Crippen LogP) is 4.53. The van der Waals surface area contributed by atoms with Crippen molar-refractivity contribution < 1.29 is 31.1 Å². The maximum Gasteiger partial charge on any atom is 0.433 e. The summed E-state index contributed by atoms with van der Waals surface area (Å²) in [5, 5.41) is 2.35. The fraction of sp³-hybridized carbons (Fsp3) is 0.267. The summed E-state index contributed by atoms with van der Waals surface area (Å²) in [5.74, 6) is -0.508. The van der Waals surface area contributed by atoms with E-state index in [1.807, 2.05) is 0 Å². The van der Waals surface area contributed by atoms with Crippen LogP contribution in [0.3, 0.4) is 0 Å². The number of nitrogens with zero attached hydrogens (tertiary/aromatic N) is 2. The minimum Gasteiger partial charge on any atom is -0.325 e.